The zero-order valence-electron chi connectivity index (χ0n) is 21.7. The van der Waals surface area contributed by atoms with Gasteiger partial charge >= 0.3 is 7.60 Å². The van der Waals surface area contributed by atoms with Crippen LogP contribution < -0.4 is 0 Å². The Morgan fingerprint density at radius 3 is 2.05 bits per heavy atom. The van der Waals surface area contributed by atoms with Crippen LogP contribution in [-0.4, -0.2) is 39.5 Å². The van der Waals surface area contributed by atoms with Crippen molar-refractivity contribution in [1.29, 1.82) is 0 Å². The van der Waals surface area contributed by atoms with E-state index in [1.54, 1.807) is 41.3 Å². The minimum absolute atomic E-state index is 0.0214. The van der Waals surface area contributed by atoms with Gasteiger partial charge in [-0.05, 0) is 51.2 Å². The molecule has 1 heterocycles. The lowest BCUT2D eigenvalue weighted by atomic mass is 9.92. The molecule has 0 aromatic heterocycles. The normalized spacial score (nSPS) is 16.4. The van der Waals surface area contributed by atoms with Gasteiger partial charge in [-0.15, -0.1) is 0 Å². The number of benzene rings is 5. The van der Waals surface area contributed by atoms with Crippen LogP contribution in [0.5, 0.6) is 0 Å². The average molecular weight is 550 g/mol. The predicted molar refractivity (Wildman–Crippen MR) is 157 cm³/mol. The van der Waals surface area contributed by atoms with Crippen molar-refractivity contribution in [3.05, 3.63) is 131 Å². The number of fused-ring (bicyclic) bond motifs is 2. The van der Waals surface area contributed by atoms with E-state index >= 15 is 0 Å². The van der Waals surface area contributed by atoms with Crippen molar-refractivity contribution in [2.45, 2.75) is 18.0 Å². The molecule has 0 saturated carbocycles. The first-order valence-electron chi connectivity index (χ1n) is 13.3. The minimum Gasteiger partial charge on any atom is -0.338 e. The van der Waals surface area contributed by atoms with E-state index in [1.165, 1.54) is 0 Å². The third-order valence-corrected chi connectivity index (χ3v) is 9.02. The number of carbonyl (C=O) groups is 2. The Balaban J connectivity index is 1.45. The molecule has 2 atom stereocenters. The summed E-state index contributed by atoms with van der Waals surface area (Å²) in [6, 6.07) is 33.0. The van der Waals surface area contributed by atoms with Crippen molar-refractivity contribution in [3.63, 3.8) is 0 Å². The van der Waals surface area contributed by atoms with Crippen LogP contribution in [-0.2, 0) is 4.57 Å². The van der Waals surface area contributed by atoms with E-state index in [0.29, 0.717) is 23.9 Å². The third-order valence-electron chi connectivity index (χ3n) is 7.83. The van der Waals surface area contributed by atoms with Gasteiger partial charge in [0.2, 0.25) is 0 Å². The number of hydrogen-bond donors (Lipinski definition) is 2. The maximum Gasteiger partial charge on any atom is 0.340 e. The summed E-state index contributed by atoms with van der Waals surface area (Å²) in [5.41, 5.74) is -0.162. The molecule has 0 aliphatic carbocycles. The van der Waals surface area contributed by atoms with Crippen LogP contribution in [0.4, 0.5) is 0 Å². The molecule has 40 heavy (non-hydrogen) atoms. The highest BCUT2D eigenvalue weighted by atomic mass is 31.2. The second kappa shape index (κ2) is 10.5. The van der Waals surface area contributed by atoms with Crippen LogP contribution in [0.25, 0.3) is 21.5 Å². The second-order valence-electron chi connectivity index (χ2n) is 10.3. The molecule has 0 bridgehead atoms. The molecule has 1 amide bonds. The van der Waals surface area contributed by atoms with Crippen LogP contribution in [0.2, 0.25) is 0 Å². The summed E-state index contributed by atoms with van der Waals surface area (Å²) < 4.78 is 13.0. The van der Waals surface area contributed by atoms with Crippen LogP contribution in [0.1, 0.15) is 49.8 Å². The number of amides is 1. The highest BCUT2D eigenvalue weighted by Crippen LogP contribution is 2.55. The molecule has 2 N–H and O–H groups in total. The SMILES string of the molecule is O=C(c1cc2ccccc2cc1C(=O)N1CCC(c2ccccc2)C1)C(c1cccc2ccccc12)P(=O)(O)O. The number of carbonyl (C=O) groups excluding carboxylic acids is 2. The molecule has 200 valence electrons. The Labute approximate surface area is 232 Å². The number of nitrogens with zero attached hydrogens (tertiary/aromatic N) is 1. The van der Waals surface area contributed by atoms with E-state index in [0.717, 1.165) is 22.8 Å². The summed E-state index contributed by atoms with van der Waals surface area (Å²) in [5, 5.41) is 2.85. The Morgan fingerprint density at radius 1 is 0.750 bits per heavy atom. The number of hydrogen-bond acceptors (Lipinski definition) is 3. The maximum absolute atomic E-state index is 14.2. The Bertz CT molecular complexity index is 1790. The summed E-state index contributed by atoms with van der Waals surface area (Å²) in [6.07, 6.45) is 0.799. The summed E-state index contributed by atoms with van der Waals surface area (Å²) in [6.45, 7) is 1.04. The van der Waals surface area contributed by atoms with Crippen molar-refractivity contribution >= 4 is 40.8 Å². The van der Waals surface area contributed by atoms with E-state index in [9.17, 15) is 23.9 Å². The zero-order valence-corrected chi connectivity index (χ0v) is 22.6. The number of rotatable bonds is 6. The molecule has 7 heteroatoms. The molecule has 0 spiro atoms. The van der Waals surface area contributed by atoms with Crippen molar-refractivity contribution < 1.29 is 23.9 Å². The maximum atomic E-state index is 14.2. The molecular formula is C33H28NO5P. The molecule has 0 radical (unpaired) electrons. The highest BCUT2D eigenvalue weighted by molar-refractivity contribution is 7.53. The van der Waals surface area contributed by atoms with Crippen molar-refractivity contribution in [2.75, 3.05) is 13.1 Å². The topological polar surface area (TPSA) is 94.9 Å². The van der Waals surface area contributed by atoms with Gasteiger partial charge in [-0.3, -0.25) is 14.2 Å². The minimum atomic E-state index is -4.98. The lowest BCUT2D eigenvalue weighted by Crippen LogP contribution is -2.30. The van der Waals surface area contributed by atoms with Crippen LogP contribution in [0.3, 0.4) is 0 Å². The first-order chi connectivity index (χ1) is 19.3. The fraction of sp³-hybridized carbons (Fsp3) is 0.152. The van der Waals surface area contributed by atoms with E-state index in [4.69, 9.17) is 0 Å². The van der Waals surface area contributed by atoms with Gasteiger partial charge in [0.1, 0.15) is 5.66 Å². The van der Waals surface area contributed by atoms with Gasteiger partial charge in [0.15, 0.2) is 5.78 Å². The molecule has 1 fully saturated rings. The Kier molecular flexibility index (Phi) is 6.85. The van der Waals surface area contributed by atoms with E-state index < -0.39 is 19.0 Å². The lowest BCUT2D eigenvalue weighted by Gasteiger charge is -2.23. The van der Waals surface area contributed by atoms with Gasteiger partial charge in [-0.1, -0.05) is 97.1 Å². The number of likely N-dealkylation sites (tertiary alicyclic amines) is 1. The average Bonchev–Trinajstić information content (AvgIpc) is 3.47. The molecule has 2 unspecified atom stereocenters. The van der Waals surface area contributed by atoms with Crippen molar-refractivity contribution in [3.8, 4) is 0 Å². The molecule has 1 saturated heterocycles. The monoisotopic (exact) mass is 549 g/mol. The predicted octanol–water partition coefficient (Wildman–Crippen LogP) is 6.72. The Morgan fingerprint density at radius 2 is 1.35 bits per heavy atom. The fourth-order valence-electron chi connectivity index (χ4n) is 5.84. The molecule has 1 aliphatic rings. The highest BCUT2D eigenvalue weighted by Gasteiger charge is 2.41. The van der Waals surface area contributed by atoms with Crippen molar-refractivity contribution in [1.82, 2.24) is 4.90 Å². The van der Waals surface area contributed by atoms with Crippen molar-refractivity contribution in [2.24, 2.45) is 0 Å². The van der Waals surface area contributed by atoms with E-state index in [-0.39, 0.29) is 28.5 Å². The summed E-state index contributed by atoms with van der Waals surface area (Å²) >= 11 is 0. The van der Waals surface area contributed by atoms with Crippen LogP contribution in [0, 0.1) is 0 Å². The fourth-order valence-corrected chi connectivity index (χ4v) is 6.88. The van der Waals surface area contributed by atoms with E-state index in [1.807, 2.05) is 60.7 Å². The summed E-state index contributed by atoms with van der Waals surface area (Å²) in [7, 11) is -4.98. The Hall–Kier alpha value is -4.09. The van der Waals surface area contributed by atoms with E-state index in [2.05, 4.69) is 12.1 Å². The van der Waals surface area contributed by atoms with Gasteiger partial charge < -0.3 is 14.7 Å². The second-order valence-corrected chi connectivity index (χ2v) is 12.0. The van der Waals surface area contributed by atoms with Crippen LogP contribution >= 0.6 is 7.60 Å². The first kappa shape index (κ1) is 26.1. The standard InChI is InChI=1S/C33H28NO5P/c35-31(32(40(37,38)39)28-16-8-14-23-11-6-7-15-27(23)28)29-19-24-12-4-5-13-25(24)20-30(29)33(36)34-18-17-26(21-34)22-9-2-1-3-10-22/h1-16,19-20,26,32H,17-18,21H2,(H2,37,38,39). The van der Waals surface area contributed by atoms with Crippen LogP contribution in [0.15, 0.2) is 109 Å². The smallest absolute Gasteiger partial charge is 0.338 e. The zero-order chi connectivity index (χ0) is 27.9. The molecule has 6 rings (SSSR count). The van der Waals surface area contributed by atoms with Gasteiger partial charge in [0, 0.05) is 24.6 Å². The molecule has 6 nitrogen and oxygen atoms in total. The molecule has 5 aromatic carbocycles. The molecular weight excluding hydrogens is 521 g/mol. The summed E-state index contributed by atoms with van der Waals surface area (Å²) in [5.74, 6) is -0.893. The first-order valence-corrected chi connectivity index (χ1v) is 14.9. The molecule has 5 aromatic rings. The van der Waals surface area contributed by atoms with Gasteiger partial charge in [-0.25, -0.2) is 0 Å². The lowest BCUT2D eigenvalue weighted by molar-refractivity contribution is 0.0784. The van der Waals surface area contributed by atoms with Gasteiger partial charge in [-0.2, -0.15) is 0 Å². The largest absolute Gasteiger partial charge is 0.340 e. The van der Waals surface area contributed by atoms with Gasteiger partial charge in [0.25, 0.3) is 5.91 Å². The molecule has 1 aliphatic heterocycles. The quantitative estimate of drug-likeness (QED) is 0.181. The van der Waals surface area contributed by atoms with Gasteiger partial charge in [0.05, 0.1) is 5.56 Å². The number of Topliss-reactive ketones (excluding diaryl/α,β-unsaturated/α-hetero) is 1. The summed E-state index contributed by atoms with van der Waals surface area (Å²) in [4.78, 5) is 51.0. The third kappa shape index (κ3) is 4.86. The number of ketones is 1.